The number of nitrogens with zero attached hydrogens (tertiary/aromatic N) is 2. The highest BCUT2D eigenvalue weighted by molar-refractivity contribution is 5.70. The van der Waals surface area contributed by atoms with Crippen molar-refractivity contribution in [3.8, 4) is 0 Å². The van der Waals surface area contributed by atoms with Crippen LogP contribution in [0, 0.1) is 5.92 Å². The fourth-order valence-electron chi connectivity index (χ4n) is 5.04. The average Bonchev–Trinajstić information content (AvgIpc) is 2.75. The van der Waals surface area contributed by atoms with E-state index in [2.05, 4.69) is 4.90 Å². The number of carbonyl (C=O) groups excluding carboxylic acids is 1. The topological polar surface area (TPSA) is 53.0 Å². The number of aliphatic hydroxyl groups excluding tert-OH is 1. The van der Waals surface area contributed by atoms with E-state index in [0.717, 1.165) is 49.2 Å². The maximum atomic E-state index is 13.3. The Bertz CT molecular complexity index is 848. The van der Waals surface area contributed by atoms with Gasteiger partial charge in [0.15, 0.2) is 0 Å². The van der Waals surface area contributed by atoms with Gasteiger partial charge in [-0.2, -0.15) is 0 Å². The predicted molar refractivity (Wildman–Crippen MR) is 106 cm³/mol. The third-order valence-corrected chi connectivity index (χ3v) is 6.53. The van der Waals surface area contributed by atoms with Gasteiger partial charge in [-0.15, -0.1) is 0 Å². The van der Waals surface area contributed by atoms with Gasteiger partial charge in [0.2, 0.25) is 0 Å². The summed E-state index contributed by atoms with van der Waals surface area (Å²) < 4.78 is 6.01. The van der Waals surface area contributed by atoms with Gasteiger partial charge in [0.05, 0.1) is 18.7 Å². The molecule has 5 nitrogen and oxygen atoms in total. The number of β-amino-alcohol motifs (C(OH)–C–C–N with tert-alkyl or cyclic N) is 1. The molecule has 0 aromatic heterocycles. The third-order valence-electron chi connectivity index (χ3n) is 6.53. The Balaban J connectivity index is 1.46. The van der Waals surface area contributed by atoms with Gasteiger partial charge in [-0.1, -0.05) is 54.6 Å². The third kappa shape index (κ3) is 3.09. The molecule has 28 heavy (non-hydrogen) atoms. The van der Waals surface area contributed by atoms with Crippen LogP contribution in [-0.2, 0) is 4.74 Å². The van der Waals surface area contributed by atoms with Crippen molar-refractivity contribution in [1.29, 1.82) is 0 Å². The van der Waals surface area contributed by atoms with Gasteiger partial charge in [0.25, 0.3) is 0 Å². The number of carbonyl (C=O) groups is 1. The van der Waals surface area contributed by atoms with Crippen molar-refractivity contribution in [2.45, 2.75) is 31.1 Å². The molecular formula is C23H26N2O3. The number of hydrogen-bond acceptors (Lipinski definition) is 4. The Hall–Kier alpha value is -2.37. The first-order valence-electron chi connectivity index (χ1n) is 10.2. The summed E-state index contributed by atoms with van der Waals surface area (Å²) in [7, 11) is 0. The SMILES string of the molecule is O=C(O[C@H]1CN2CCC1CC2)N1C[C@H](O)c2ccccc2[C@H]1c1ccccc1. The van der Waals surface area contributed by atoms with Gasteiger partial charge < -0.3 is 9.84 Å². The van der Waals surface area contributed by atoms with Crippen molar-refractivity contribution in [2.75, 3.05) is 26.2 Å². The fraction of sp³-hybridized carbons (Fsp3) is 0.435. The number of benzene rings is 2. The Kier molecular flexibility index (Phi) is 4.57. The van der Waals surface area contributed by atoms with Crippen LogP contribution in [0.2, 0.25) is 0 Å². The van der Waals surface area contributed by atoms with Gasteiger partial charge in [-0.25, -0.2) is 4.79 Å². The second-order valence-corrected chi connectivity index (χ2v) is 8.17. The van der Waals surface area contributed by atoms with Crippen LogP contribution in [0.1, 0.15) is 41.7 Å². The zero-order chi connectivity index (χ0) is 19.1. The zero-order valence-electron chi connectivity index (χ0n) is 15.9. The molecule has 4 heterocycles. The monoisotopic (exact) mass is 378 g/mol. The summed E-state index contributed by atoms with van der Waals surface area (Å²) in [6, 6.07) is 17.6. The molecule has 4 aliphatic rings. The summed E-state index contributed by atoms with van der Waals surface area (Å²) >= 11 is 0. The van der Waals surface area contributed by atoms with E-state index in [1.54, 1.807) is 4.90 Å². The zero-order valence-corrected chi connectivity index (χ0v) is 15.9. The number of amides is 1. The molecule has 0 spiro atoms. The van der Waals surface area contributed by atoms with E-state index >= 15 is 0 Å². The van der Waals surface area contributed by atoms with Crippen molar-refractivity contribution in [1.82, 2.24) is 9.80 Å². The summed E-state index contributed by atoms with van der Waals surface area (Å²) in [5.74, 6) is 0.464. The molecule has 5 heteroatoms. The molecule has 1 amide bonds. The number of hydrogen-bond donors (Lipinski definition) is 1. The molecule has 4 aliphatic heterocycles. The number of piperidine rings is 3. The summed E-state index contributed by atoms with van der Waals surface area (Å²) in [5.41, 5.74) is 2.90. The van der Waals surface area contributed by atoms with Crippen LogP contribution in [0.25, 0.3) is 0 Å². The van der Waals surface area contributed by atoms with Gasteiger partial charge in [0, 0.05) is 6.54 Å². The lowest BCUT2D eigenvalue weighted by Gasteiger charge is -2.45. The Morgan fingerprint density at radius 1 is 0.929 bits per heavy atom. The number of aliphatic hydroxyl groups is 1. The average molecular weight is 378 g/mol. The van der Waals surface area contributed by atoms with Gasteiger partial charge in [-0.3, -0.25) is 9.80 Å². The van der Waals surface area contributed by atoms with Crippen molar-refractivity contribution >= 4 is 6.09 Å². The highest BCUT2D eigenvalue weighted by Gasteiger charge is 2.41. The highest BCUT2D eigenvalue weighted by atomic mass is 16.6. The van der Waals surface area contributed by atoms with E-state index in [4.69, 9.17) is 4.74 Å². The predicted octanol–water partition coefficient (Wildman–Crippen LogP) is 3.36. The smallest absolute Gasteiger partial charge is 0.410 e. The lowest BCUT2D eigenvalue weighted by atomic mass is 9.85. The molecule has 0 aliphatic carbocycles. The molecule has 0 saturated carbocycles. The quantitative estimate of drug-likeness (QED) is 0.871. The van der Waals surface area contributed by atoms with E-state index in [9.17, 15) is 9.90 Å². The highest BCUT2D eigenvalue weighted by Crippen LogP contribution is 2.40. The molecule has 2 aromatic carbocycles. The second kappa shape index (κ2) is 7.22. The maximum Gasteiger partial charge on any atom is 0.410 e. The van der Waals surface area contributed by atoms with Crippen LogP contribution >= 0.6 is 0 Å². The first kappa shape index (κ1) is 17.7. The van der Waals surface area contributed by atoms with Crippen LogP contribution < -0.4 is 0 Å². The van der Waals surface area contributed by atoms with E-state index in [0.29, 0.717) is 5.92 Å². The molecule has 0 unspecified atom stereocenters. The van der Waals surface area contributed by atoms with Gasteiger partial charge in [-0.05, 0) is 48.5 Å². The van der Waals surface area contributed by atoms with Crippen molar-refractivity contribution in [2.24, 2.45) is 5.92 Å². The molecule has 0 radical (unpaired) electrons. The van der Waals surface area contributed by atoms with E-state index < -0.39 is 6.10 Å². The standard InChI is InChI=1S/C23H26N2O3/c26-20-14-25(23(27)28-21-15-24-12-10-16(21)11-13-24)22(17-6-2-1-3-7-17)19-9-5-4-8-18(19)20/h1-9,16,20-22,26H,10-15H2/t20-,21-,22+/m0/s1. The van der Waals surface area contributed by atoms with Crippen molar-refractivity contribution < 1.29 is 14.6 Å². The van der Waals surface area contributed by atoms with Gasteiger partial charge in [0.1, 0.15) is 6.10 Å². The summed E-state index contributed by atoms with van der Waals surface area (Å²) in [6.07, 6.45) is 1.15. The molecule has 2 bridgehead atoms. The molecule has 1 N–H and O–H groups in total. The maximum absolute atomic E-state index is 13.3. The Morgan fingerprint density at radius 2 is 1.61 bits per heavy atom. The lowest BCUT2D eigenvalue weighted by molar-refractivity contribution is -0.0506. The molecule has 3 saturated heterocycles. The van der Waals surface area contributed by atoms with Crippen LogP contribution in [0.5, 0.6) is 0 Å². The number of fused-ring (bicyclic) bond motifs is 4. The normalized spacial score (nSPS) is 31.3. The molecular weight excluding hydrogens is 352 g/mol. The summed E-state index contributed by atoms with van der Waals surface area (Å²) in [5, 5.41) is 10.7. The summed E-state index contributed by atoms with van der Waals surface area (Å²) in [4.78, 5) is 17.3. The van der Waals surface area contributed by atoms with Crippen LogP contribution in [0.15, 0.2) is 54.6 Å². The Morgan fingerprint density at radius 3 is 2.29 bits per heavy atom. The van der Waals surface area contributed by atoms with Crippen LogP contribution in [0.4, 0.5) is 4.79 Å². The van der Waals surface area contributed by atoms with Crippen LogP contribution in [-0.4, -0.2) is 53.3 Å². The minimum absolute atomic E-state index is 0.0410. The first-order chi connectivity index (χ1) is 13.7. The molecule has 146 valence electrons. The minimum Gasteiger partial charge on any atom is -0.444 e. The Labute approximate surface area is 165 Å². The first-order valence-corrected chi connectivity index (χ1v) is 10.2. The van der Waals surface area contributed by atoms with E-state index in [1.165, 1.54) is 0 Å². The molecule has 6 rings (SSSR count). The van der Waals surface area contributed by atoms with Gasteiger partial charge >= 0.3 is 6.09 Å². The number of rotatable bonds is 2. The number of ether oxygens (including phenoxy) is 1. The minimum atomic E-state index is -0.699. The van der Waals surface area contributed by atoms with E-state index in [-0.39, 0.29) is 24.8 Å². The largest absolute Gasteiger partial charge is 0.444 e. The van der Waals surface area contributed by atoms with Crippen molar-refractivity contribution in [3.05, 3.63) is 71.3 Å². The second-order valence-electron chi connectivity index (χ2n) is 8.17. The van der Waals surface area contributed by atoms with Crippen molar-refractivity contribution in [3.63, 3.8) is 0 Å². The molecule has 2 aromatic rings. The molecule has 3 atom stereocenters. The van der Waals surface area contributed by atoms with Crippen LogP contribution in [0.3, 0.4) is 0 Å². The van der Waals surface area contributed by atoms with E-state index in [1.807, 2.05) is 54.6 Å². The lowest BCUT2D eigenvalue weighted by Crippen LogP contribution is -2.53. The summed E-state index contributed by atoms with van der Waals surface area (Å²) in [6.45, 7) is 3.30. The molecule has 3 fully saturated rings. The fourth-order valence-corrected chi connectivity index (χ4v) is 5.04.